The summed E-state index contributed by atoms with van der Waals surface area (Å²) in [6, 6.07) is 0. The van der Waals surface area contributed by atoms with E-state index in [0.717, 1.165) is 25.7 Å². The second-order valence-electron chi connectivity index (χ2n) is 4.46. The Morgan fingerprint density at radius 1 is 1.56 bits per heavy atom. The van der Waals surface area contributed by atoms with Crippen LogP contribution < -0.4 is 0 Å². The quantitative estimate of drug-likeness (QED) is 0.532. The minimum Gasteiger partial charge on any atom is -0.466 e. The van der Waals surface area contributed by atoms with Gasteiger partial charge in [0.2, 0.25) is 0 Å². The molecule has 0 amide bonds. The molecule has 1 unspecified atom stereocenters. The van der Waals surface area contributed by atoms with E-state index < -0.39 is 0 Å². The standard InChI is InChI=1S/C13H20O3/c1-3-13(7-4-10-16-11(2)14)8-5-12(15)6-9-13/h5,8H,3-4,6-7,9-10H2,1-2H3. The highest BCUT2D eigenvalue weighted by molar-refractivity contribution is 5.90. The Balaban J connectivity index is 2.39. The summed E-state index contributed by atoms with van der Waals surface area (Å²) in [5.41, 5.74) is 0.147. The Bertz CT molecular complexity index is 294. The van der Waals surface area contributed by atoms with Gasteiger partial charge in [0.1, 0.15) is 0 Å². The maximum absolute atomic E-state index is 11.1. The number of hydrogen-bond donors (Lipinski definition) is 0. The molecule has 1 aliphatic carbocycles. The Morgan fingerprint density at radius 2 is 2.31 bits per heavy atom. The van der Waals surface area contributed by atoms with Crippen molar-refractivity contribution >= 4 is 11.8 Å². The number of esters is 1. The zero-order valence-corrected chi connectivity index (χ0v) is 10.1. The molecule has 90 valence electrons. The van der Waals surface area contributed by atoms with Crippen LogP contribution in [-0.4, -0.2) is 18.4 Å². The van der Waals surface area contributed by atoms with Gasteiger partial charge in [-0.1, -0.05) is 13.0 Å². The van der Waals surface area contributed by atoms with Gasteiger partial charge in [0, 0.05) is 13.3 Å². The summed E-state index contributed by atoms with van der Waals surface area (Å²) in [5.74, 6) is 0.00368. The van der Waals surface area contributed by atoms with Gasteiger partial charge in [-0.2, -0.15) is 0 Å². The number of hydrogen-bond acceptors (Lipinski definition) is 3. The maximum Gasteiger partial charge on any atom is 0.302 e. The fraction of sp³-hybridized carbons (Fsp3) is 0.692. The van der Waals surface area contributed by atoms with Crippen molar-refractivity contribution in [1.82, 2.24) is 0 Å². The van der Waals surface area contributed by atoms with Gasteiger partial charge in [0.15, 0.2) is 5.78 Å². The minimum atomic E-state index is -0.222. The van der Waals surface area contributed by atoms with E-state index in [4.69, 9.17) is 4.74 Å². The van der Waals surface area contributed by atoms with Crippen LogP contribution in [0.4, 0.5) is 0 Å². The lowest BCUT2D eigenvalue weighted by atomic mass is 9.73. The summed E-state index contributed by atoms with van der Waals surface area (Å²) in [6.07, 6.45) is 8.23. The van der Waals surface area contributed by atoms with E-state index in [1.165, 1.54) is 6.92 Å². The van der Waals surface area contributed by atoms with Gasteiger partial charge >= 0.3 is 5.97 Å². The van der Waals surface area contributed by atoms with Crippen LogP contribution in [0.1, 0.15) is 46.0 Å². The molecule has 0 saturated heterocycles. The van der Waals surface area contributed by atoms with E-state index in [2.05, 4.69) is 6.92 Å². The van der Waals surface area contributed by atoms with Crippen molar-refractivity contribution in [1.29, 1.82) is 0 Å². The van der Waals surface area contributed by atoms with Gasteiger partial charge in [-0.05, 0) is 37.2 Å². The van der Waals surface area contributed by atoms with Crippen LogP contribution in [0.3, 0.4) is 0 Å². The lowest BCUT2D eigenvalue weighted by molar-refractivity contribution is -0.141. The van der Waals surface area contributed by atoms with Crippen LogP contribution in [0.15, 0.2) is 12.2 Å². The predicted molar refractivity (Wildman–Crippen MR) is 62.0 cm³/mol. The van der Waals surface area contributed by atoms with Gasteiger partial charge in [-0.15, -0.1) is 0 Å². The van der Waals surface area contributed by atoms with Crippen molar-refractivity contribution in [3.05, 3.63) is 12.2 Å². The van der Waals surface area contributed by atoms with Crippen LogP contribution in [0.25, 0.3) is 0 Å². The average Bonchev–Trinajstić information content (AvgIpc) is 2.27. The summed E-state index contributed by atoms with van der Waals surface area (Å²) in [7, 11) is 0. The van der Waals surface area contributed by atoms with Gasteiger partial charge in [-0.3, -0.25) is 9.59 Å². The lowest BCUT2D eigenvalue weighted by Gasteiger charge is -2.31. The fourth-order valence-corrected chi connectivity index (χ4v) is 2.13. The average molecular weight is 224 g/mol. The van der Waals surface area contributed by atoms with E-state index in [9.17, 15) is 9.59 Å². The van der Waals surface area contributed by atoms with Gasteiger partial charge < -0.3 is 4.74 Å². The van der Waals surface area contributed by atoms with Crippen molar-refractivity contribution in [2.24, 2.45) is 5.41 Å². The first-order valence-electron chi connectivity index (χ1n) is 5.93. The van der Waals surface area contributed by atoms with Gasteiger partial charge in [0.05, 0.1) is 6.61 Å². The third-order valence-electron chi connectivity index (χ3n) is 3.32. The number of allylic oxidation sites excluding steroid dienone is 2. The topological polar surface area (TPSA) is 43.4 Å². The largest absolute Gasteiger partial charge is 0.466 e. The highest BCUT2D eigenvalue weighted by Gasteiger charge is 2.28. The molecule has 0 bridgehead atoms. The predicted octanol–water partition coefficient (Wildman–Crippen LogP) is 2.65. The molecule has 0 N–H and O–H groups in total. The smallest absolute Gasteiger partial charge is 0.302 e. The molecule has 3 heteroatoms. The van der Waals surface area contributed by atoms with Crippen LogP contribution in [-0.2, 0) is 14.3 Å². The molecule has 1 rings (SSSR count). The molecule has 16 heavy (non-hydrogen) atoms. The number of rotatable bonds is 5. The summed E-state index contributed by atoms with van der Waals surface area (Å²) in [6.45, 7) is 4.06. The molecular weight excluding hydrogens is 204 g/mol. The van der Waals surface area contributed by atoms with E-state index in [1.54, 1.807) is 6.08 Å². The van der Waals surface area contributed by atoms with E-state index in [-0.39, 0.29) is 17.2 Å². The van der Waals surface area contributed by atoms with Gasteiger partial charge in [-0.25, -0.2) is 0 Å². The molecule has 0 aromatic carbocycles. The molecule has 0 radical (unpaired) electrons. The van der Waals surface area contributed by atoms with E-state index in [0.29, 0.717) is 13.0 Å². The van der Waals surface area contributed by atoms with Crippen LogP contribution >= 0.6 is 0 Å². The maximum atomic E-state index is 11.1. The molecule has 1 aliphatic rings. The van der Waals surface area contributed by atoms with Crippen LogP contribution in [0.2, 0.25) is 0 Å². The lowest BCUT2D eigenvalue weighted by Crippen LogP contribution is -2.23. The van der Waals surface area contributed by atoms with Crippen molar-refractivity contribution in [2.45, 2.75) is 46.0 Å². The molecule has 0 aliphatic heterocycles. The molecule has 0 spiro atoms. The number of carbonyl (C=O) groups is 2. The second-order valence-corrected chi connectivity index (χ2v) is 4.46. The Morgan fingerprint density at radius 3 is 2.81 bits per heavy atom. The second kappa shape index (κ2) is 5.83. The van der Waals surface area contributed by atoms with Crippen LogP contribution in [0.5, 0.6) is 0 Å². The molecule has 0 heterocycles. The number of ether oxygens (including phenoxy) is 1. The zero-order chi connectivity index (χ0) is 12.0. The summed E-state index contributed by atoms with van der Waals surface area (Å²) < 4.78 is 4.91. The zero-order valence-electron chi connectivity index (χ0n) is 10.1. The fourth-order valence-electron chi connectivity index (χ4n) is 2.13. The first kappa shape index (κ1) is 12.9. The highest BCUT2D eigenvalue weighted by Crippen LogP contribution is 2.37. The third-order valence-corrected chi connectivity index (χ3v) is 3.32. The normalized spacial score (nSPS) is 24.5. The van der Waals surface area contributed by atoms with Crippen molar-refractivity contribution in [3.63, 3.8) is 0 Å². The molecule has 0 aromatic heterocycles. The summed E-state index contributed by atoms with van der Waals surface area (Å²) >= 11 is 0. The third kappa shape index (κ3) is 3.80. The van der Waals surface area contributed by atoms with Gasteiger partial charge in [0.25, 0.3) is 0 Å². The molecule has 0 fully saturated rings. The van der Waals surface area contributed by atoms with Crippen molar-refractivity contribution in [3.8, 4) is 0 Å². The first-order valence-corrected chi connectivity index (χ1v) is 5.93. The summed E-state index contributed by atoms with van der Waals surface area (Å²) in [5, 5.41) is 0. The first-order chi connectivity index (χ1) is 7.58. The van der Waals surface area contributed by atoms with E-state index in [1.807, 2.05) is 6.08 Å². The molecule has 0 saturated carbocycles. The summed E-state index contributed by atoms with van der Waals surface area (Å²) in [4.78, 5) is 21.7. The number of carbonyl (C=O) groups excluding carboxylic acids is 2. The molecule has 1 atom stereocenters. The van der Waals surface area contributed by atoms with Crippen molar-refractivity contribution < 1.29 is 14.3 Å². The molecule has 3 nitrogen and oxygen atoms in total. The Kier molecular flexibility index (Phi) is 4.71. The minimum absolute atomic E-state index is 0.147. The monoisotopic (exact) mass is 224 g/mol. The molecular formula is C13H20O3. The highest BCUT2D eigenvalue weighted by atomic mass is 16.5. The Labute approximate surface area is 96.9 Å². The molecule has 0 aromatic rings. The van der Waals surface area contributed by atoms with Crippen LogP contribution in [0, 0.1) is 5.41 Å². The van der Waals surface area contributed by atoms with E-state index >= 15 is 0 Å². The van der Waals surface area contributed by atoms with Crippen molar-refractivity contribution in [2.75, 3.05) is 6.61 Å². The Hall–Kier alpha value is -1.12. The SMILES string of the molecule is CCC1(CCCOC(C)=O)C=CC(=O)CC1. The number of ketones is 1.